The summed E-state index contributed by atoms with van der Waals surface area (Å²) in [6.45, 7) is 4.86. The van der Waals surface area contributed by atoms with E-state index in [1.54, 1.807) is 12.1 Å². The van der Waals surface area contributed by atoms with Gasteiger partial charge in [0.1, 0.15) is 13.2 Å². The van der Waals surface area contributed by atoms with E-state index < -0.39 is 0 Å². The van der Waals surface area contributed by atoms with Gasteiger partial charge < -0.3 is 20.1 Å². The SMILES string of the molecule is CC(C)NC(=O)Nc1ccc(Nc2ccc3c(c2)OCCO3)nn1. The number of rotatable bonds is 4. The number of carbonyl (C=O) groups is 1. The normalized spacial score (nSPS) is 12.6. The van der Waals surface area contributed by atoms with E-state index in [2.05, 4.69) is 26.1 Å². The highest BCUT2D eigenvalue weighted by atomic mass is 16.6. The van der Waals surface area contributed by atoms with Gasteiger partial charge in [0.15, 0.2) is 23.1 Å². The maximum absolute atomic E-state index is 11.6. The Morgan fingerprint density at radius 2 is 1.75 bits per heavy atom. The van der Waals surface area contributed by atoms with Crippen LogP contribution >= 0.6 is 0 Å². The van der Waals surface area contributed by atoms with Gasteiger partial charge in [-0.1, -0.05) is 0 Å². The van der Waals surface area contributed by atoms with Crippen LogP contribution in [0.4, 0.5) is 22.1 Å². The molecule has 0 radical (unpaired) electrons. The van der Waals surface area contributed by atoms with Crippen LogP contribution in [0.15, 0.2) is 30.3 Å². The molecule has 0 unspecified atom stereocenters. The first-order valence-electron chi connectivity index (χ1n) is 7.68. The molecule has 0 aliphatic carbocycles. The standard InChI is InChI=1S/C16H19N5O3/c1-10(2)17-16(22)19-15-6-5-14(20-21-15)18-11-3-4-12-13(9-11)24-8-7-23-12/h3-6,9-10H,7-8H2,1-2H3,(H,18,20)(H2,17,19,21,22). The molecule has 1 aromatic carbocycles. The molecule has 8 heteroatoms. The van der Waals surface area contributed by atoms with Crippen LogP contribution in [0.25, 0.3) is 0 Å². The molecule has 1 aliphatic heterocycles. The molecule has 2 amide bonds. The van der Waals surface area contributed by atoms with Crippen molar-refractivity contribution in [1.29, 1.82) is 0 Å². The summed E-state index contributed by atoms with van der Waals surface area (Å²) in [5.74, 6) is 2.36. The van der Waals surface area contributed by atoms with Crippen LogP contribution in [0.2, 0.25) is 0 Å². The highest BCUT2D eigenvalue weighted by molar-refractivity contribution is 5.88. The lowest BCUT2D eigenvalue weighted by Crippen LogP contribution is -2.34. The first-order valence-corrected chi connectivity index (χ1v) is 7.68. The van der Waals surface area contributed by atoms with Gasteiger partial charge in [-0.05, 0) is 38.1 Å². The number of nitrogens with one attached hydrogen (secondary N) is 3. The number of hydrogen-bond donors (Lipinski definition) is 3. The molecule has 0 saturated heterocycles. The Hall–Kier alpha value is -3.03. The Balaban J connectivity index is 1.63. The second-order valence-corrected chi connectivity index (χ2v) is 5.54. The molecule has 2 aromatic rings. The Morgan fingerprint density at radius 1 is 1.04 bits per heavy atom. The van der Waals surface area contributed by atoms with E-state index >= 15 is 0 Å². The zero-order chi connectivity index (χ0) is 16.9. The molecule has 3 rings (SSSR count). The first kappa shape index (κ1) is 15.9. The predicted molar refractivity (Wildman–Crippen MR) is 90.0 cm³/mol. The molecule has 2 heterocycles. The maximum Gasteiger partial charge on any atom is 0.320 e. The number of benzene rings is 1. The van der Waals surface area contributed by atoms with E-state index in [9.17, 15) is 4.79 Å². The third-order valence-electron chi connectivity index (χ3n) is 3.14. The molecule has 126 valence electrons. The predicted octanol–water partition coefficient (Wildman–Crippen LogP) is 2.52. The minimum Gasteiger partial charge on any atom is -0.486 e. The van der Waals surface area contributed by atoms with Crippen molar-refractivity contribution >= 4 is 23.4 Å². The summed E-state index contributed by atoms with van der Waals surface area (Å²) in [7, 11) is 0. The lowest BCUT2D eigenvalue weighted by atomic mass is 10.2. The van der Waals surface area contributed by atoms with Gasteiger partial charge in [-0.25, -0.2) is 4.79 Å². The summed E-state index contributed by atoms with van der Waals surface area (Å²) in [4.78, 5) is 11.6. The third kappa shape index (κ3) is 4.03. The molecule has 0 atom stereocenters. The van der Waals surface area contributed by atoms with Crippen molar-refractivity contribution in [3.63, 3.8) is 0 Å². The van der Waals surface area contributed by atoms with Crippen molar-refractivity contribution in [3.8, 4) is 11.5 Å². The van der Waals surface area contributed by atoms with Gasteiger partial charge in [-0.2, -0.15) is 0 Å². The van der Waals surface area contributed by atoms with Crippen molar-refractivity contribution in [1.82, 2.24) is 15.5 Å². The lowest BCUT2D eigenvalue weighted by Gasteiger charge is -2.19. The molecule has 24 heavy (non-hydrogen) atoms. The fraction of sp³-hybridized carbons (Fsp3) is 0.312. The van der Waals surface area contributed by atoms with E-state index in [1.165, 1.54) is 0 Å². The second kappa shape index (κ2) is 7.03. The average molecular weight is 329 g/mol. The summed E-state index contributed by atoms with van der Waals surface area (Å²) < 4.78 is 11.0. The van der Waals surface area contributed by atoms with E-state index in [-0.39, 0.29) is 12.1 Å². The molecule has 3 N–H and O–H groups in total. The summed E-state index contributed by atoms with van der Waals surface area (Å²) in [6.07, 6.45) is 0. The van der Waals surface area contributed by atoms with Crippen molar-refractivity contribution in [2.75, 3.05) is 23.8 Å². The average Bonchev–Trinajstić information content (AvgIpc) is 2.56. The third-order valence-corrected chi connectivity index (χ3v) is 3.14. The molecule has 8 nitrogen and oxygen atoms in total. The van der Waals surface area contributed by atoms with Crippen molar-refractivity contribution in [3.05, 3.63) is 30.3 Å². The van der Waals surface area contributed by atoms with E-state index in [0.29, 0.717) is 30.6 Å². The molecular formula is C16H19N5O3. The molecular weight excluding hydrogens is 310 g/mol. The fourth-order valence-corrected chi connectivity index (χ4v) is 2.15. The van der Waals surface area contributed by atoms with Crippen molar-refractivity contribution in [2.45, 2.75) is 19.9 Å². The van der Waals surface area contributed by atoms with Crippen LogP contribution in [0, 0.1) is 0 Å². The van der Waals surface area contributed by atoms with E-state index in [1.807, 2.05) is 32.0 Å². The molecule has 1 aliphatic rings. The first-order chi connectivity index (χ1) is 11.6. The summed E-state index contributed by atoms with van der Waals surface area (Å²) in [6, 6.07) is 8.70. The smallest absolute Gasteiger partial charge is 0.320 e. The Kier molecular flexibility index (Phi) is 4.64. The monoisotopic (exact) mass is 329 g/mol. The Labute approximate surface area is 139 Å². The molecule has 0 fully saturated rings. The summed E-state index contributed by atoms with van der Waals surface area (Å²) >= 11 is 0. The summed E-state index contributed by atoms with van der Waals surface area (Å²) in [5, 5.41) is 16.5. The number of ether oxygens (including phenoxy) is 2. The summed E-state index contributed by atoms with van der Waals surface area (Å²) in [5.41, 5.74) is 0.812. The van der Waals surface area contributed by atoms with Crippen molar-refractivity contribution < 1.29 is 14.3 Å². The number of amides is 2. The Morgan fingerprint density at radius 3 is 2.46 bits per heavy atom. The van der Waals surface area contributed by atoms with Crippen molar-refractivity contribution in [2.24, 2.45) is 0 Å². The topological polar surface area (TPSA) is 97.4 Å². The number of hydrogen-bond acceptors (Lipinski definition) is 6. The van der Waals surface area contributed by atoms with Gasteiger partial charge in [0.25, 0.3) is 0 Å². The van der Waals surface area contributed by atoms with Crippen LogP contribution in [0.5, 0.6) is 11.5 Å². The van der Waals surface area contributed by atoms with Gasteiger partial charge >= 0.3 is 6.03 Å². The molecule has 0 saturated carbocycles. The maximum atomic E-state index is 11.6. The lowest BCUT2D eigenvalue weighted by molar-refractivity contribution is 0.171. The number of fused-ring (bicyclic) bond motifs is 1. The number of nitrogens with zero attached hydrogens (tertiary/aromatic N) is 2. The van der Waals surface area contributed by atoms with Gasteiger partial charge in [0, 0.05) is 17.8 Å². The highest BCUT2D eigenvalue weighted by Crippen LogP contribution is 2.33. The second-order valence-electron chi connectivity index (χ2n) is 5.54. The van der Waals surface area contributed by atoms with E-state index in [0.717, 1.165) is 11.4 Å². The minimum absolute atomic E-state index is 0.0501. The fourth-order valence-electron chi connectivity index (χ4n) is 2.15. The zero-order valence-corrected chi connectivity index (χ0v) is 13.5. The minimum atomic E-state index is -0.313. The van der Waals surface area contributed by atoms with Crippen LogP contribution in [-0.4, -0.2) is 35.5 Å². The molecule has 1 aromatic heterocycles. The largest absolute Gasteiger partial charge is 0.486 e. The molecule has 0 spiro atoms. The zero-order valence-electron chi connectivity index (χ0n) is 13.5. The van der Waals surface area contributed by atoms with Crippen LogP contribution in [-0.2, 0) is 0 Å². The van der Waals surface area contributed by atoms with Crippen LogP contribution in [0.1, 0.15) is 13.8 Å². The number of carbonyl (C=O) groups excluding carboxylic acids is 1. The Bertz CT molecular complexity index is 718. The molecule has 0 bridgehead atoms. The number of aromatic nitrogens is 2. The van der Waals surface area contributed by atoms with Gasteiger partial charge in [-0.3, -0.25) is 5.32 Å². The quantitative estimate of drug-likeness (QED) is 0.797. The van der Waals surface area contributed by atoms with Gasteiger partial charge in [0.2, 0.25) is 0 Å². The highest BCUT2D eigenvalue weighted by Gasteiger charge is 2.12. The van der Waals surface area contributed by atoms with Gasteiger partial charge in [0.05, 0.1) is 0 Å². The van der Waals surface area contributed by atoms with Crippen LogP contribution < -0.4 is 25.4 Å². The number of anilines is 3. The van der Waals surface area contributed by atoms with Crippen LogP contribution in [0.3, 0.4) is 0 Å². The van der Waals surface area contributed by atoms with E-state index in [4.69, 9.17) is 9.47 Å². The van der Waals surface area contributed by atoms with Gasteiger partial charge in [-0.15, -0.1) is 10.2 Å². The number of urea groups is 1.